The zero-order valence-electron chi connectivity index (χ0n) is 12.7. The molecule has 0 aliphatic heterocycles. The van der Waals surface area contributed by atoms with E-state index in [1.807, 2.05) is 12.1 Å². The molecule has 3 heteroatoms. The average Bonchev–Trinajstić information content (AvgIpc) is 3.29. The Labute approximate surface area is 122 Å². The van der Waals surface area contributed by atoms with Crippen molar-refractivity contribution in [1.82, 2.24) is 5.32 Å². The summed E-state index contributed by atoms with van der Waals surface area (Å²) in [6.45, 7) is 5.99. The molecule has 1 aliphatic carbocycles. The Bertz CT molecular complexity index is 373. The van der Waals surface area contributed by atoms with Crippen LogP contribution in [0.4, 0.5) is 0 Å². The first-order valence-corrected chi connectivity index (χ1v) is 7.73. The molecule has 0 bridgehead atoms. The van der Waals surface area contributed by atoms with Crippen molar-refractivity contribution in [3.05, 3.63) is 29.8 Å². The summed E-state index contributed by atoms with van der Waals surface area (Å²) in [5.74, 6) is 2.31. The van der Waals surface area contributed by atoms with Crippen molar-refractivity contribution in [2.24, 2.45) is 11.8 Å². The second-order valence-corrected chi connectivity index (χ2v) is 5.71. The molecule has 2 rings (SSSR count). The third kappa shape index (κ3) is 5.51. The molecule has 1 aromatic carbocycles. The van der Waals surface area contributed by atoms with Crippen LogP contribution < -0.4 is 10.1 Å². The van der Waals surface area contributed by atoms with E-state index in [-0.39, 0.29) is 0 Å². The predicted molar refractivity (Wildman–Crippen MR) is 82.3 cm³/mol. The summed E-state index contributed by atoms with van der Waals surface area (Å²) in [5, 5.41) is 3.44. The minimum Gasteiger partial charge on any atom is -0.497 e. The largest absolute Gasteiger partial charge is 0.497 e. The van der Waals surface area contributed by atoms with E-state index in [9.17, 15) is 0 Å². The molecular weight excluding hydrogens is 250 g/mol. The second kappa shape index (κ2) is 8.28. The van der Waals surface area contributed by atoms with Gasteiger partial charge < -0.3 is 14.8 Å². The topological polar surface area (TPSA) is 30.5 Å². The average molecular weight is 277 g/mol. The molecule has 1 aliphatic rings. The van der Waals surface area contributed by atoms with Gasteiger partial charge in [-0.05, 0) is 55.3 Å². The van der Waals surface area contributed by atoms with Gasteiger partial charge in [0.05, 0.1) is 13.7 Å². The van der Waals surface area contributed by atoms with E-state index in [4.69, 9.17) is 9.47 Å². The highest BCUT2D eigenvalue weighted by molar-refractivity contribution is 5.27. The molecule has 0 radical (unpaired) electrons. The van der Waals surface area contributed by atoms with Crippen LogP contribution >= 0.6 is 0 Å². The summed E-state index contributed by atoms with van der Waals surface area (Å²) < 4.78 is 11.1. The van der Waals surface area contributed by atoms with E-state index < -0.39 is 0 Å². The Balaban J connectivity index is 1.80. The zero-order valence-corrected chi connectivity index (χ0v) is 12.7. The predicted octanol–water partition coefficient (Wildman–Crippen LogP) is 2.89. The second-order valence-electron chi connectivity index (χ2n) is 5.71. The molecular formula is C17H27NO2. The molecule has 1 unspecified atom stereocenters. The zero-order chi connectivity index (χ0) is 14.2. The lowest BCUT2D eigenvalue weighted by Crippen LogP contribution is -2.27. The molecule has 112 valence electrons. The maximum absolute atomic E-state index is 5.87. The standard InChI is InChI=1S/C17H27NO2/c1-3-18-11-16(13-20-12-15-4-5-15)10-14-6-8-17(19-2)9-7-14/h6-9,15-16,18H,3-5,10-13H2,1-2H3. The van der Waals surface area contributed by atoms with Gasteiger partial charge in [-0.1, -0.05) is 19.1 Å². The number of ether oxygens (including phenoxy) is 2. The Morgan fingerprint density at radius 2 is 2.00 bits per heavy atom. The van der Waals surface area contributed by atoms with Crippen LogP contribution in [0.5, 0.6) is 5.75 Å². The molecule has 1 saturated carbocycles. The Kier molecular flexibility index (Phi) is 6.34. The lowest BCUT2D eigenvalue weighted by Gasteiger charge is -2.18. The third-order valence-electron chi connectivity index (χ3n) is 3.77. The molecule has 0 heterocycles. The lowest BCUT2D eigenvalue weighted by molar-refractivity contribution is 0.0909. The molecule has 1 fully saturated rings. The number of hydrogen-bond donors (Lipinski definition) is 1. The van der Waals surface area contributed by atoms with Crippen molar-refractivity contribution in [3.8, 4) is 5.75 Å². The van der Waals surface area contributed by atoms with Gasteiger partial charge in [0.15, 0.2) is 0 Å². The van der Waals surface area contributed by atoms with Crippen LogP contribution in [0, 0.1) is 11.8 Å². The highest BCUT2D eigenvalue weighted by Gasteiger charge is 2.21. The van der Waals surface area contributed by atoms with Crippen molar-refractivity contribution >= 4 is 0 Å². The van der Waals surface area contributed by atoms with Crippen molar-refractivity contribution in [1.29, 1.82) is 0 Å². The van der Waals surface area contributed by atoms with Crippen molar-refractivity contribution in [2.45, 2.75) is 26.2 Å². The van der Waals surface area contributed by atoms with Crippen molar-refractivity contribution < 1.29 is 9.47 Å². The highest BCUT2D eigenvalue weighted by atomic mass is 16.5. The van der Waals surface area contributed by atoms with Gasteiger partial charge >= 0.3 is 0 Å². The maximum Gasteiger partial charge on any atom is 0.118 e. The van der Waals surface area contributed by atoms with Crippen LogP contribution in [0.3, 0.4) is 0 Å². The van der Waals surface area contributed by atoms with E-state index in [1.165, 1.54) is 18.4 Å². The molecule has 20 heavy (non-hydrogen) atoms. The Hall–Kier alpha value is -1.06. The van der Waals surface area contributed by atoms with Gasteiger partial charge in [-0.15, -0.1) is 0 Å². The quantitative estimate of drug-likeness (QED) is 0.713. The van der Waals surface area contributed by atoms with Gasteiger partial charge in [0.1, 0.15) is 5.75 Å². The smallest absolute Gasteiger partial charge is 0.118 e. The summed E-state index contributed by atoms with van der Waals surface area (Å²) in [4.78, 5) is 0. The molecule has 1 N–H and O–H groups in total. The first kappa shape index (κ1) is 15.3. The van der Waals surface area contributed by atoms with E-state index in [0.29, 0.717) is 5.92 Å². The summed E-state index contributed by atoms with van der Waals surface area (Å²) >= 11 is 0. The van der Waals surface area contributed by atoms with Gasteiger partial charge in [0, 0.05) is 13.2 Å². The highest BCUT2D eigenvalue weighted by Crippen LogP contribution is 2.29. The minimum atomic E-state index is 0.544. The van der Waals surface area contributed by atoms with Crippen LogP contribution in [0.1, 0.15) is 25.3 Å². The van der Waals surface area contributed by atoms with Crippen LogP contribution in [0.25, 0.3) is 0 Å². The lowest BCUT2D eigenvalue weighted by atomic mass is 10.00. The van der Waals surface area contributed by atoms with Crippen LogP contribution in [0.2, 0.25) is 0 Å². The molecule has 0 saturated heterocycles. The van der Waals surface area contributed by atoms with E-state index in [2.05, 4.69) is 24.4 Å². The summed E-state index contributed by atoms with van der Waals surface area (Å²) in [6.07, 6.45) is 3.77. The fourth-order valence-electron chi connectivity index (χ4n) is 2.32. The summed E-state index contributed by atoms with van der Waals surface area (Å²) in [5.41, 5.74) is 1.35. The molecule has 1 atom stereocenters. The van der Waals surface area contributed by atoms with Gasteiger partial charge in [-0.2, -0.15) is 0 Å². The van der Waals surface area contributed by atoms with Crippen LogP contribution in [-0.2, 0) is 11.2 Å². The number of rotatable bonds is 10. The van der Waals surface area contributed by atoms with Gasteiger partial charge in [-0.25, -0.2) is 0 Å². The van der Waals surface area contributed by atoms with Gasteiger partial charge in [-0.3, -0.25) is 0 Å². The normalized spacial score (nSPS) is 16.1. The molecule has 0 amide bonds. The minimum absolute atomic E-state index is 0.544. The van der Waals surface area contributed by atoms with Crippen LogP contribution in [-0.4, -0.2) is 33.4 Å². The van der Waals surface area contributed by atoms with Crippen molar-refractivity contribution in [3.63, 3.8) is 0 Å². The maximum atomic E-state index is 5.87. The Morgan fingerprint density at radius 1 is 1.25 bits per heavy atom. The molecule has 0 aromatic heterocycles. The van der Waals surface area contributed by atoms with Gasteiger partial charge in [0.2, 0.25) is 0 Å². The summed E-state index contributed by atoms with van der Waals surface area (Å²) in [7, 11) is 1.70. The summed E-state index contributed by atoms with van der Waals surface area (Å²) in [6, 6.07) is 8.37. The van der Waals surface area contributed by atoms with E-state index in [0.717, 1.165) is 44.4 Å². The van der Waals surface area contributed by atoms with E-state index in [1.54, 1.807) is 7.11 Å². The number of methoxy groups -OCH3 is 1. The Morgan fingerprint density at radius 3 is 2.60 bits per heavy atom. The van der Waals surface area contributed by atoms with Gasteiger partial charge in [0.25, 0.3) is 0 Å². The fourth-order valence-corrected chi connectivity index (χ4v) is 2.32. The monoisotopic (exact) mass is 277 g/mol. The molecule has 1 aromatic rings. The molecule has 0 spiro atoms. The number of nitrogens with one attached hydrogen (secondary N) is 1. The first-order valence-electron chi connectivity index (χ1n) is 7.73. The first-order chi connectivity index (χ1) is 9.81. The fraction of sp³-hybridized carbons (Fsp3) is 0.647. The van der Waals surface area contributed by atoms with Crippen LogP contribution in [0.15, 0.2) is 24.3 Å². The van der Waals surface area contributed by atoms with Crippen molar-refractivity contribution in [2.75, 3.05) is 33.4 Å². The molecule has 3 nitrogen and oxygen atoms in total. The van der Waals surface area contributed by atoms with E-state index >= 15 is 0 Å². The number of benzene rings is 1. The number of hydrogen-bond acceptors (Lipinski definition) is 3. The SMILES string of the molecule is CCNCC(COCC1CC1)Cc1ccc(OC)cc1. The third-order valence-corrected chi connectivity index (χ3v) is 3.77.